The van der Waals surface area contributed by atoms with Crippen LogP contribution in [0.25, 0.3) is 16.9 Å². The standard InChI is InChI=1S/C22H24F2N8O/c1-11-8-19-30(12(2)9-17(21(23)24)32(19)26-11)22(33)15-10-18-25-7-6-16(31(18)28-15)20-13(3)27-29(5)14(20)4/h6-8,10,12,17,21H,9H2,1-5H3/t12-,17-/m0/s1. The molecule has 5 rings (SSSR count). The number of aryl methyl sites for hydroxylation is 3. The number of halogens is 2. The van der Waals surface area contributed by atoms with Crippen LogP contribution in [0.1, 0.15) is 47.0 Å². The van der Waals surface area contributed by atoms with E-state index >= 15 is 0 Å². The van der Waals surface area contributed by atoms with Crippen LogP contribution in [0.5, 0.6) is 0 Å². The number of carbonyl (C=O) groups is 1. The first-order valence-corrected chi connectivity index (χ1v) is 10.7. The van der Waals surface area contributed by atoms with Gasteiger partial charge in [-0.25, -0.2) is 23.0 Å². The van der Waals surface area contributed by atoms with Gasteiger partial charge in [-0.1, -0.05) is 0 Å². The topological polar surface area (TPSA) is 86.1 Å². The van der Waals surface area contributed by atoms with E-state index in [0.29, 0.717) is 17.2 Å². The van der Waals surface area contributed by atoms with E-state index < -0.39 is 18.5 Å². The molecule has 5 heterocycles. The highest BCUT2D eigenvalue weighted by molar-refractivity contribution is 6.05. The van der Waals surface area contributed by atoms with E-state index in [2.05, 4.69) is 20.3 Å². The molecule has 1 amide bonds. The minimum atomic E-state index is -2.57. The Morgan fingerprint density at radius 2 is 1.91 bits per heavy atom. The number of alkyl halides is 2. The van der Waals surface area contributed by atoms with Crippen molar-refractivity contribution in [3.63, 3.8) is 0 Å². The van der Waals surface area contributed by atoms with Crippen LogP contribution in [-0.2, 0) is 7.05 Å². The molecule has 0 aromatic carbocycles. The maximum Gasteiger partial charge on any atom is 0.280 e. The first-order valence-electron chi connectivity index (χ1n) is 10.7. The summed E-state index contributed by atoms with van der Waals surface area (Å²) in [5.74, 6) is -0.0295. The van der Waals surface area contributed by atoms with Gasteiger partial charge in [0, 0.05) is 42.7 Å². The molecule has 172 valence electrons. The van der Waals surface area contributed by atoms with Gasteiger partial charge in [0.25, 0.3) is 12.3 Å². The second kappa shape index (κ2) is 7.46. The Hall–Kier alpha value is -3.63. The van der Waals surface area contributed by atoms with Gasteiger partial charge in [0.05, 0.1) is 17.1 Å². The van der Waals surface area contributed by atoms with Crippen molar-refractivity contribution in [2.45, 2.75) is 52.6 Å². The third-order valence-corrected chi connectivity index (χ3v) is 6.27. The number of rotatable bonds is 3. The summed E-state index contributed by atoms with van der Waals surface area (Å²) < 4.78 is 32.0. The molecule has 0 fully saturated rings. The number of fused-ring (bicyclic) bond motifs is 2. The lowest BCUT2D eigenvalue weighted by molar-refractivity contribution is 0.0608. The number of anilines is 1. The highest BCUT2D eigenvalue weighted by Crippen LogP contribution is 2.37. The fourth-order valence-electron chi connectivity index (χ4n) is 4.68. The maximum absolute atomic E-state index is 13.6. The predicted octanol–water partition coefficient (Wildman–Crippen LogP) is 3.50. The molecule has 0 aliphatic carbocycles. The van der Waals surface area contributed by atoms with Crippen LogP contribution in [0.3, 0.4) is 0 Å². The molecule has 0 N–H and O–H groups in total. The van der Waals surface area contributed by atoms with Crippen LogP contribution in [0.2, 0.25) is 0 Å². The molecule has 1 aliphatic rings. The van der Waals surface area contributed by atoms with Crippen LogP contribution in [0.15, 0.2) is 24.4 Å². The van der Waals surface area contributed by atoms with E-state index in [1.165, 1.54) is 9.58 Å². The molecule has 0 radical (unpaired) electrons. The number of hydrogen-bond donors (Lipinski definition) is 0. The lowest BCUT2D eigenvalue weighted by Gasteiger charge is -2.37. The first-order chi connectivity index (χ1) is 15.7. The Bertz CT molecular complexity index is 1380. The van der Waals surface area contributed by atoms with Crippen molar-refractivity contribution in [1.82, 2.24) is 34.2 Å². The zero-order valence-electron chi connectivity index (χ0n) is 19.0. The molecular formula is C22H24F2N8O. The minimum absolute atomic E-state index is 0.0997. The van der Waals surface area contributed by atoms with E-state index in [4.69, 9.17) is 0 Å². The predicted molar refractivity (Wildman–Crippen MR) is 118 cm³/mol. The summed E-state index contributed by atoms with van der Waals surface area (Å²) in [4.78, 5) is 19.5. The van der Waals surface area contributed by atoms with E-state index in [1.807, 2.05) is 27.0 Å². The first kappa shape index (κ1) is 21.2. The summed E-state index contributed by atoms with van der Waals surface area (Å²) in [6, 6.07) is 3.59. The number of carbonyl (C=O) groups excluding carboxylic acids is 1. The van der Waals surface area contributed by atoms with Crippen LogP contribution in [0, 0.1) is 20.8 Å². The van der Waals surface area contributed by atoms with Crippen molar-refractivity contribution in [3.05, 3.63) is 47.2 Å². The summed E-state index contributed by atoms with van der Waals surface area (Å²) in [6.07, 6.45) is -0.805. The Morgan fingerprint density at radius 1 is 1.15 bits per heavy atom. The average molecular weight is 454 g/mol. The van der Waals surface area contributed by atoms with Gasteiger partial charge in [0.2, 0.25) is 0 Å². The molecule has 4 aromatic heterocycles. The normalized spacial score (nSPS) is 18.4. The van der Waals surface area contributed by atoms with Gasteiger partial charge in [-0.2, -0.15) is 15.3 Å². The highest BCUT2D eigenvalue weighted by atomic mass is 19.3. The summed E-state index contributed by atoms with van der Waals surface area (Å²) in [5, 5.41) is 13.3. The molecule has 0 saturated carbocycles. The van der Waals surface area contributed by atoms with Crippen molar-refractivity contribution >= 4 is 17.4 Å². The Morgan fingerprint density at radius 3 is 2.58 bits per heavy atom. The molecule has 0 bridgehead atoms. The summed E-state index contributed by atoms with van der Waals surface area (Å²) in [5.41, 5.74) is 4.77. The lowest BCUT2D eigenvalue weighted by atomic mass is 10.0. The monoisotopic (exact) mass is 454 g/mol. The smallest absolute Gasteiger partial charge is 0.280 e. The summed E-state index contributed by atoms with van der Waals surface area (Å²) in [6.45, 7) is 7.37. The van der Waals surface area contributed by atoms with Crippen LogP contribution < -0.4 is 4.90 Å². The van der Waals surface area contributed by atoms with Crippen molar-refractivity contribution < 1.29 is 13.6 Å². The van der Waals surface area contributed by atoms with Gasteiger partial charge >= 0.3 is 0 Å². The molecule has 1 aliphatic heterocycles. The fraction of sp³-hybridized carbons (Fsp3) is 0.409. The van der Waals surface area contributed by atoms with Gasteiger partial charge in [-0.3, -0.25) is 14.4 Å². The summed E-state index contributed by atoms with van der Waals surface area (Å²) >= 11 is 0. The van der Waals surface area contributed by atoms with Crippen molar-refractivity contribution in [3.8, 4) is 11.3 Å². The Balaban J connectivity index is 1.60. The van der Waals surface area contributed by atoms with Gasteiger partial charge < -0.3 is 0 Å². The second-order valence-electron chi connectivity index (χ2n) is 8.55. The van der Waals surface area contributed by atoms with Gasteiger partial charge in [0.15, 0.2) is 11.3 Å². The molecular weight excluding hydrogens is 430 g/mol. The van der Waals surface area contributed by atoms with Crippen LogP contribution in [0.4, 0.5) is 14.6 Å². The van der Waals surface area contributed by atoms with E-state index in [9.17, 15) is 13.6 Å². The van der Waals surface area contributed by atoms with E-state index in [0.717, 1.165) is 22.6 Å². The zero-order chi connectivity index (χ0) is 23.6. The van der Waals surface area contributed by atoms with Crippen molar-refractivity contribution in [1.29, 1.82) is 0 Å². The van der Waals surface area contributed by atoms with Crippen molar-refractivity contribution in [2.24, 2.45) is 7.05 Å². The Kier molecular flexibility index (Phi) is 4.80. The second-order valence-corrected chi connectivity index (χ2v) is 8.55. The molecule has 11 heteroatoms. The van der Waals surface area contributed by atoms with Gasteiger partial charge in [-0.15, -0.1) is 0 Å². The number of amides is 1. The molecule has 33 heavy (non-hydrogen) atoms. The van der Waals surface area contributed by atoms with Gasteiger partial charge in [-0.05, 0) is 40.2 Å². The van der Waals surface area contributed by atoms with Crippen LogP contribution >= 0.6 is 0 Å². The Labute approximate surface area is 188 Å². The zero-order valence-corrected chi connectivity index (χ0v) is 19.0. The largest absolute Gasteiger partial charge is 0.289 e. The van der Waals surface area contributed by atoms with E-state index in [1.54, 1.807) is 41.4 Å². The SMILES string of the molecule is Cc1cc2n(n1)[C@H](C(F)F)C[C@H](C)N2C(=O)c1cc2nccc(-c3c(C)nn(C)c3C)n2n1. The molecule has 4 aromatic rings. The fourth-order valence-corrected chi connectivity index (χ4v) is 4.68. The summed E-state index contributed by atoms with van der Waals surface area (Å²) in [7, 11) is 1.87. The number of hydrogen-bond acceptors (Lipinski definition) is 5. The molecule has 0 saturated heterocycles. The lowest BCUT2D eigenvalue weighted by Crippen LogP contribution is -2.46. The molecule has 2 atom stereocenters. The van der Waals surface area contributed by atoms with Gasteiger partial charge in [0.1, 0.15) is 11.9 Å². The van der Waals surface area contributed by atoms with E-state index in [-0.39, 0.29) is 18.0 Å². The molecule has 0 spiro atoms. The minimum Gasteiger partial charge on any atom is -0.289 e. The third-order valence-electron chi connectivity index (χ3n) is 6.27. The number of nitrogens with zero attached hydrogens (tertiary/aromatic N) is 8. The van der Waals surface area contributed by atoms with Crippen molar-refractivity contribution in [2.75, 3.05) is 4.90 Å². The average Bonchev–Trinajstić information content (AvgIpc) is 3.42. The maximum atomic E-state index is 13.6. The quantitative estimate of drug-likeness (QED) is 0.473. The highest BCUT2D eigenvalue weighted by Gasteiger charge is 2.39. The third kappa shape index (κ3) is 3.21. The number of aromatic nitrogens is 7. The molecule has 9 nitrogen and oxygen atoms in total. The molecule has 0 unspecified atom stereocenters. The van der Waals surface area contributed by atoms with Crippen LogP contribution in [-0.4, -0.2) is 52.5 Å².